The van der Waals surface area contributed by atoms with E-state index >= 15 is 0 Å². The average Bonchev–Trinajstić information content (AvgIpc) is 2.71. The number of methoxy groups -OCH3 is 1. The number of hydrogen-bond acceptors (Lipinski definition) is 5. The summed E-state index contributed by atoms with van der Waals surface area (Å²) < 4.78 is 11.0. The molecule has 3 saturated heterocycles. The van der Waals surface area contributed by atoms with Crippen LogP contribution in [0, 0.1) is 11.8 Å². The van der Waals surface area contributed by atoms with Crippen molar-refractivity contribution in [3.63, 3.8) is 0 Å². The zero-order valence-corrected chi connectivity index (χ0v) is 15.0. The molecule has 3 aliphatic heterocycles. The summed E-state index contributed by atoms with van der Waals surface area (Å²) in [6.07, 6.45) is 5.76. The van der Waals surface area contributed by atoms with Gasteiger partial charge in [-0.3, -0.25) is 14.7 Å². The van der Waals surface area contributed by atoms with Crippen LogP contribution < -0.4 is 4.74 Å². The van der Waals surface area contributed by atoms with E-state index < -0.39 is 0 Å². The molecule has 26 heavy (non-hydrogen) atoms. The number of aromatic nitrogens is 1. The Balaban J connectivity index is 1.75. The first-order valence-electron chi connectivity index (χ1n) is 9.13. The van der Waals surface area contributed by atoms with Crippen LogP contribution in [0.5, 0.6) is 5.75 Å². The Morgan fingerprint density at radius 2 is 2.27 bits per heavy atom. The molecule has 5 atom stereocenters. The highest BCUT2D eigenvalue weighted by Gasteiger charge is 2.43. The maximum atomic E-state index is 11.3. The van der Waals surface area contributed by atoms with Crippen molar-refractivity contribution < 1.29 is 14.3 Å². The monoisotopic (exact) mass is 352 g/mol. The van der Waals surface area contributed by atoms with Gasteiger partial charge in [0.15, 0.2) is 0 Å². The summed E-state index contributed by atoms with van der Waals surface area (Å²) in [5, 5.41) is 0.974. The molecule has 3 aliphatic rings. The second-order valence-electron chi connectivity index (χ2n) is 7.18. The van der Waals surface area contributed by atoms with Crippen molar-refractivity contribution in [1.82, 2.24) is 9.88 Å². The Morgan fingerprint density at radius 3 is 2.96 bits per heavy atom. The van der Waals surface area contributed by atoms with Crippen molar-refractivity contribution in [1.29, 1.82) is 0 Å². The minimum atomic E-state index is -0.307. The summed E-state index contributed by atoms with van der Waals surface area (Å²) in [7, 11) is 1.65. The highest BCUT2D eigenvalue weighted by atomic mass is 16.5. The Bertz CT molecular complexity index is 822. The summed E-state index contributed by atoms with van der Waals surface area (Å²) in [6, 6.07) is 7.96. The second kappa shape index (κ2) is 7.08. The molecule has 0 radical (unpaired) electrons. The van der Waals surface area contributed by atoms with Crippen molar-refractivity contribution in [2.24, 2.45) is 11.8 Å². The quantitative estimate of drug-likeness (QED) is 0.589. The third-order valence-corrected chi connectivity index (χ3v) is 5.99. The van der Waals surface area contributed by atoms with E-state index in [1.165, 1.54) is 6.42 Å². The van der Waals surface area contributed by atoms with Gasteiger partial charge in [-0.05, 0) is 55.5 Å². The van der Waals surface area contributed by atoms with Crippen LogP contribution in [0.15, 0.2) is 43.1 Å². The molecule has 2 aromatic rings. The third kappa shape index (κ3) is 2.86. The van der Waals surface area contributed by atoms with E-state index in [0.717, 1.165) is 41.7 Å². The van der Waals surface area contributed by atoms with Gasteiger partial charge < -0.3 is 9.47 Å². The number of benzene rings is 1. The average molecular weight is 352 g/mol. The van der Waals surface area contributed by atoms with Gasteiger partial charge in [-0.1, -0.05) is 6.08 Å². The van der Waals surface area contributed by atoms with Crippen LogP contribution in [-0.4, -0.2) is 42.6 Å². The van der Waals surface area contributed by atoms with E-state index in [2.05, 4.69) is 22.5 Å². The standard InChI is InChI=1S/C21H24N2O3/c1-3-14-12-23-9-7-15(14)10-20(23)21(26-13-24)17-6-8-22-19-5-4-16(25-2)11-18(17)19/h3-6,8,11,13-15,20-21H,1,7,9-10,12H2,2H3/t14-,15+,20+,21-/m1/s1. The SMILES string of the molecule is C=C[C@@H]1CN2CC[C@H]1C[C@H]2[C@H](OC=O)c1ccnc2ccc(OC)cc12. The topological polar surface area (TPSA) is 51.7 Å². The van der Waals surface area contributed by atoms with Crippen molar-refractivity contribution in [3.8, 4) is 5.75 Å². The lowest BCUT2D eigenvalue weighted by atomic mass is 9.73. The summed E-state index contributed by atoms with van der Waals surface area (Å²) in [4.78, 5) is 18.2. The molecule has 0 spiro atoms. The third-order valence-electron chi connectivity index (χ3n) is 5.99. The Hall–Kier alpha value is -2.40. The number of fused-ring (bicyclic) bond motifs is 4. The van der Waals surface area contributed by atoms with Crippen LogP contribution in [0.3, 0.4) is 0 Å². The number of carbonyl (C=O) groups is 1. The van der Waals surface area contributed by atoms with Gasteiger partial charge in [-0.15, -0.1) is 6.58 Å². The Kier molecular flexibility index (Phi) is 4.64. The Morgan fingerprint density at radius 1 is 1.38 bits per heavy atom. The molecule has 0 N–H and O–H groups in total. The predicted octanol–water partition coefficient (Wildman–Crippen LogP) is 3.35. The molecule has 5 nitrogen and oxygen atoms in total. The molecule has 3 fully saturated rings. The van der Waals surface area contributed by atoms with Crippen LogP contribution in [-0.2, 0) is 9.53 Å². The number of ether oxygens (including phenoxy) is 2. The number of nitrogens with zero attached hydrogens (tertiary/aromatic N) is 2. The van der Waals surface area contributed by atoms with Crippen molar-refractivity contribution >= 4 is 17.4 Å². The van der Waals surface area contributed by atoms with Crippen LogP contribution in [0.4, 0.5) is 0 Å². The number of rotatable bonds is 6. The van der Waals surface area contributed by atoms with Gasteiger partial charge in [0.25, 0.3) is 6.47 Å². The maximum Gasteiger partial charge on any atom is 0.293 e. The Labute approximate surface area is 153 Å². The van der Waals surface area contributed by atoms with E-state index in [9.17, 15) is 4.79 Å². The van der Waals surface area contributed by atoms with Crippen LogP contribution >= 0.6 is 0 Å². The fraction of sp³-hybridized carbons (Fsp3) is 0.429. The molecule has 5 heteroatoms. The molecule has 0 amide bonds. The fourth-order valence-electron chi connectivity index (χ4n) is 4.64. The van der Waals surface area contributed by atoms with Crippen LogP contribution in [0.1, 0.15) is 24.5 Å². The van der Waals surface area contributed by atoms with E-state index in [1.54, 1.807) is 13.3 Å². The lowest BCUT2D eigenvalue weighted by molar-refractivity contribution is -0.141. The molecule has 1 aromatic carbocycles. The molecule has 2 bridgehead atoms. The van der Waals surface area contributed by atoms with Gasteiger partial charge >= 0.3 is 0 Å². The minimum Gasteiger partial charge on any atom is -0.497 e. The number of hydrogen-bond donors (Lipinski definition) is 0. The van der Waals surface area contributed by atoms with Gasteiger partial charge in [0.2, 0.25) is 0 Å². The molecule has 5 rings (SSSR count). The minimum absolute atomic E-state index is 0.187. The first-order valence-corrected chi connectivity index (χ1v) is 9.13. The van der Waals surface area contributed by atoms with Crippen molar-refractivity contribution in [2.45, 2.75) is 25.0 Å². The van der Waals surface area contributed by atoms with Gasteiger partial charge in [0.1, 0.15) is 11.9 Å². The van der Waals surface area contributed by atoms with Gasteiger partial charge in [-0.2, -0.15) is 0 Å². The van der Waals surface area contributed by atoms with E-state index in [0.29, 0.717) is 18.3 Å². The van der Waals surface area contributed by atoms with E-state index in [4.69, 9.17) is 9.47 Å². The summed E-state index contributed by atoms with van der Waals surface area (Å²) >= 11 is 0. The molecular formula is C21H24N2O3. The predicted molar refractivity (Wildman–Crippen MR) is 100.0 cm³/mol. The smallest absolute Gasteiger partial charge is 0.293 e. The number of piperidine rings is 3. The molecular weight excluding hydrogens is 328 g/mol. The highest BCUT2D eigenvalue weighted by molar-refractivity contribution is 5.84. The highest BCUT2D eigenvalue weighted by Crippen LogP contribution is 2.43. The molecule has 1 unspecified atom stereocenters. The molecule has 1 aromatic heterocycles. The fourth-order valence-corrected chi connectivity index (χ4v) is 4.64. The van der Waals surface area contributed by atoms with Gasteiger partial charge in [0, 0.05) is 23.7 Å². The van der Waals surface area contributed by atoms with Crippen molar-refractivity contribution in [3.05, 3.63) is 48.7 Å². The molecule has 136 valence electrons. The van der Waals surface area contributed by atoms with E-state index in [-0.39, 0.29) is 12.1 Å². The summed E-state index contributed by atoms with van der Waals surface area (Å²) in [5.41, 5.74) is 1.87. The normalized spacial score (nSPS) is 28.5. The molecule has 4 heterocycles. The largest absolute Gasteiger partial charge is 0.497 e. The van der Waals surface area contributed by atoms with Gasteiger partial charge in [0.05, 0.1) is 18.7 Å². The van der Waals surface area contributed by atoms with Crippen molar-refractivity contribution in [2.75, 3.05) is 20.2 Å². The number of carbonyl (C=O) groups excluding carboxylic acids is 1. The van der Waals surface area contributed by atoms with Gasteiger partial charge in [-0.25, -0.2) is 0 Å². The summed E-state index contributed by atoms with van der Waals surface area (Å²) in [5.74, 6) is 1.92. The molecule has 0 saturated carbocycles. The van der Waals surface area contributed by atoms with E-state index in [1.807, 2.05) is 24.3 Å². The first-order chi connectivity index (χ1) is 12.7. The maximum absolute atomic E-state index is 11.3. The summed E-state index contributed by atoms with van der Waals surface area (Å²) in [6.45, 7) is 6.60. The number of pyridine rings is 1. The van der Waals surface area contributed by atoms with Crippen LogP contribution in [0.25, 0.3) is 10.9 Å². The lowest BCUT2D eigenvalue weighted by Gasteiger charge is -2.51. The second-order valence-corrected chi connectivity index (χ2v) is 7.18. The van der Waals surface area contributed by atoms with Crippen LogP contribution in [0.2, 0.25) is 0 Å². The zero-order valence-electron chi connectivity index (χ0n) is 15.0. The molecule has 0 aliphatic carbocycles. The first kappa shape index (κ1) is 17.0. The zero-order chi connectivity index (χ0) is 18.1. The lowest BCUT2D eigenvalue weighted by Crippen LogP contribution is -2.55.